The largest absolute Gasteiger partial charge is 0.370 e. The Balaban J connectivity index is 1.45. The Morgan fingerprint density at radius 1 is 1.15 bits per heavy atom. The fraction of sp³-hybridized carbons (Fsp3) is 0.625. The maximum absolute atomic E-state index is 12.9. The molecule has 0 unspecified atom stereocenters. The summed E-state index contributed by atoms with van der Waals surface area (Å²) in [6.45, 7) is 5.58. The van der Waals surface area contributed by atoms with Crippen molar-refractivity contribution in [2.24, 2.45) is 5.92 Å². The summed E-state index contributed by atoms with van der Waals surface area (Å²) in [5.74, 6) is 0.671. The molecule has 4 heteroatoms. The van der Waals surface area contributed by atoms with Gasteiger partial charge in [0, 0.05) is 24.8 Å². The first-order valence-electron chi connectivity index (χ1n) is 7.76. The van der Waals surface area contributed by atoms with Crippen LogP contribution in [0.4, 0.5) is 10.1 Å². The SMILES string of the molecule is Fc1ccc(N2CC[C@@H](NCC3CCNCC3)C2)cc1. The molecule has 3 rings (SSSR count). The van der Waals surface area contributed by atoms with Gasteiger partial charge in [0.05, 0.1) is 0 Å². The van der Waals surface area contributed by atoms with Crippen LogP contribution < -0.4 is 15.5 Å². The van der Waals surface area contributed by atoms with Crippen molar-refractivity contribution in [1.82, 2.24) is 10.6 Å². The van der Waals surface area contributed by atoms with Crippen LogP contribution in [-0.4, -0.2) is 38.8 Å². The molecule has 110 valence electrons. The lowest BCUT2D eigenvalue weighted by molar-refractivity contribution is 0.343. The van der Waals surface area contributed by atoms with E-state index in [2.05, 4.69) is 15.5 Å². The first-order valence-corrected chi connectivity index (χ1v) is 7.76. The van der Waals surface area contributed by atoms with Gasteiger partial charge in [-0.3, -0.25) is 0 Å². The summed E-state index contributed by atoms with van der Waals surface area (Å²) in [4.78, 5) is 2.35. The Kier molecular flexibility index (Phi) is 4.53. The van der Waals surface area contributed by atoms with Crippen LogP contribution in [0.15, 0.2) is 24.3 Å². The zero-order chi connectivity index (χ0) is 13.8. The van der Waals surface area contributed by atoms with Crippen molar-refractivity contribution >= 4 is 5.69 Å². The molecule has 0 amide bonds. The summed E-state index contributed by atoms with van der Waals surface area (Å²) in [6, 6.07) is 7.43. The second kappa shape index (κ2) is 6.55. The third kappa shape index (κ3) is 3.49. The van der Waals surface area contributed by atoms with E-state index in [0.717, 1.165) is 31.2 Å². The summed E-state index contributed by atoms with van der Waals surface area (Å²) in [7, 11) is 0. The molecule has 0 saturated carbocycles. The molecular formula is C16H24FN3. The van der Waals surface area contributed by atoms with Crippen molar-refractivity contribution < 1.29 is 4.39 Å². The molecular weight excluding hydrogens is 253 g/mol. The van der Waals surface area contributed by atoms with Gasteiger partial charge < -0.3 is 15.5 Å². The van der Waals surface area contributed by atoms with Crippen LogP contribution in [0.25, 0.3) is 0 Å². The minimum Gasteiger partial charge on any atom is -0.370 e. The van der Waals surface area contributed by atoms with E-state index in [-0.39, 0.29) is 5.82 Å². The zero-order valence-corrected chi connectivity index (χ0v) is 11.9. The molecule has 2 N–H and O–H groups in total. The topological polar surface area (TPSA) is 27.3 Å². The van der Waals surface area contributed by atoms with Crippen LogP contribution in [0, 0.1) is 11.7 Å². The molecule has 0 bridgehead atoms. The molecule has 3 nitrogen and oxygen atoms in total. The van der Waals surface area contributed by atoms with E-state index in [4.69, 9.17) is 0 Å². The van der Waals surface area contributed by atoms with Gasteiger partial charge in [0.1, 0.15) is 5.82 Å². The predicted octanol–water partition coefficient (Wildman–Crippen LogP) is 1.99. The predicted molar refractivity (Wildman–Crippen MR) is 80.6 cm³/mol. The third-order valence-corrected chi connectivity index (χ3v) is 4.53. The maximum atomic E-state index is 12.9. The van der Waals surface area contributed by atoms with E-state index in [1.165, 1.54) is 32.4 Å². The van der Waals surface area contributed by atoms with Crippen LogP contribution in [0.2, 0.25) is 0 Å². The van der Waals surface area contributed by atoms with E-state index in [1.54, 1.807) is 12.1 Å². The molecule has 2 fully saturated rings. The molecule has 1 aromatic carbocycles. The van der Waals surface area contributed by atoms with Crippen molar-refractivity contribution in [1.29, 1.82) is 0 Å². The molecule has 0 radical (unpaired) electrons. The number of hydrogen-bond acceptors (Lipinski definition) is 3. The lowest BCUT2D eigenvalue weighted by atomic mass is 9.98. The van der Waals surface area contributed by atoms with Gasteiger partial charge in [-0.05, 0) is 69.1 Å². The van der Waals surface area contributed by atoms with E-state index < -0.39 is 0 Å². The average Bonchev–Trinajstić information content (AvgIpc) is 2.96. The van der Waals surface area contributed by atoms with Crippen molar-refractivity contribution in [3.63, 3.8) is 0 Å². The first-order chi connectivity index (χ1) is 9.81. The summed E-state index contributed by atoms with van der Waals surface area (Å²) < 4.78 is 12.9. The summed E-state index contributed by atoms with van der Waals surface area (Å²) in [5, 5.41) is 7.13. The fourth-order valence-corrected chi connectivity index (χ4v) is 3.23. The average molecular weight is 277 g/mol. The normalized spacial score (nSPS) is 24.2. The van der Waals surface area contributed by atoms with Gasteiger partial charge in [-0.1, -0.05) is 0 Å². The lowest BCUT2D eigenvalue weighted by Gasteiger charge is -2.25. The third-order valence-electron chi connectivity index (χ3n) is 4.53. The minimum absolute atomic E-state index is 0.159. The molecule has 2 heterocycles. The molecule has 2 saturated heterocycles. The fourth-order valence-electron chi connectivity index (χ4n) is 3.23. The van der Waals surface area contributed by atoms with Gasteiger partial charge in [-0.15, -0.1) is 0 Å². The second-order valence-electron chi connectivity index (χ2n) is 6.01. The van der Waals surface area contributed by atoms with Gasteiger partial charge in [0.15, 0.2) is 0 Å². The minimum atomic E-state index is -0.159. The summed E-state index contributed by atoms with van der Waals surface area (Å²) >= 11 is 0. The number of piperidine rings is 1. The van der Waals surface area contributed by atoms with Crippen LogP contribution in [-0.2, 0) is 0 Å². The monoisotopic (exact) mass is 277 g/mol. The molecule has 20 heavy (non-hydrogen) atoms. The zero-order valence-electron chi connectivity index (χ0n) is 11.9. The van der Waals surface area contributed by atoms with Crippen LogP contribution in [0.3, 0.4) is 0 Å². The second-order valence-corrected chi connectivity index (χ2v) is 6.01. The lowest BCUT2D eigenvalue weighted by Crippen LogP contribution is -2.39. The highest BCUT2D eigenvalue weighted by Crippen LogP contribution is 2.21. The van der Waals surface area contributed by atoms with Crippen LogP contribution in [0.5, 0.6) is 0 Å². The van der Waals surface area contributed by atoms with Crippen molar-refractivity contribution in [3.8, 4) is 0 Å². The van der Waals surface area contributed by atoms with Gasteiger partial charge >= 0.3 is 0 Å². The molecule has 0 aromatic heterocycles. The van der Waals surface area contributed by atoms with E-state index in [1.807, 2.05) is 12.1 Å². The molecule has 1 atom stereocenters. The van der Waals surface area contributed by atoms with Crippen LogP contribution in [0.1, 0.15) is 19.3 Å². The molecule has 0 spiro atoms. The first kappa shape index (κ1) is 13.8. The Morgan fingerprint density at radius 3 is 2.65 bits per heavy atom. The number of rotatable bonds is 4. The number of nitrogens with one attached hydrogen (secondary N) is 2. The van der Waals surface area contributed by atoms with E-state index >= 15 is 0 Å². The standard InChI is InChI=1S/C16H24FN3/c17-14-1-3-16(4-2-14)20-10-7-15(12-20)19-11-13-5-8-18-9-6-13/h1-4,13,15,18-19H,5-12H2/t15-/m1/s1. The highest BCUT2D eigenvalue weighted by atomic mass is 19.1. The smallest absolute Gasteiger partial charge is 0.123 e. The molecule has 0 aliphatic carbocycles. The van der Waals surface area contributed by atoms with Gasteiger partial charge in [-0.2, -0.15) is 0 Å². The van der Waals surface area contributed by atoms with Crippen LogP contribution >= 0.6 is 0 Å². The van der Waals surface area contributed by atoms with E-state index in [0.29, 0.717) is 6.04 Å². The number of halogens is 1. The number of nitrogens with zero attached hydrogens (tertiary/aromatic N) is 1. The van der Waals surface area contributed by atoms with Gasteiger partial charge in [0.25, 0.3) is 0 Å². The van der Waals surface area contributed by atoms with Crippen molar-refractivity contribution in [3.05, 3.63) is 30.1 Å². The molecule has 2 aliphatic rings. The van der Waals surface area contributed by atoms with Gasteiger partial charge in [-0.25, -0.2) is 4.39 Å². The summed E-state index contributed by atoms with van der Waals surface area (Å²) in [5.41, 5.74) is 1.14. The molecule has 2 aliphatic heterocycles. The van der Waals surface area contributed by atoms with Crippen molar-refractivity contribution in [2.45, 2.75) is 25.3 Å². The Bertz CT molecular complexity index is 414. The van der Waals surface area contributed by atoms with E-state index in [9.17, 15) is 4.39 Å². The summed E-state index contributed by atoms with van der Waals surface area (Å²) in [6.07, 6.45) is 3.77. The highest BCUT2D eigenvalue weighted by molar-refractivity contribution is 5.47. The Hall–Kier alpha value is -1.13. The number of anilines is 1. The highest BCUT2D eigenvalue weighted by Gasteiger charge is 2.23. The number of benzene rings is 1. The quantitative estimate of drug-likeness (QED) is 0.881. The van der Waals surface area contributed by atoms with Gasteiger partial charge in [0.2, 0.25) is 0 Å². The Morgan fingerprint density at radius 2 is 1.90 bits per heavy atom. The Labute approximate surface area is 120 Å². The molecule has 1 aromatic rings. The van der Waals surface area contributed by atoms with Crippen molar-refractivity contribution in [2.75, 3.05) is 37.6 Å². The number of hydrogen-bond donors (Lipinski definition) is 2. The maximum Gasteiger partial charge on any atom is 0.123 e.